The first-order chi connectivity index (χ1) is 15.4. The standard InChI is InChI=1S/C17H16ClF4N3O7S2/c1-24-13(17(20,21)22)6-14(26)25(16(24)28)12-4-9(10(18)5-11(12)19)15(27)23-34(31,32)8-2-3-33(29,30)7-8/h4-6,8,29-30H,2-3,7H2,1H3,(H,23,27). The Morgan fingerprint density at radius 2 is 1.85 bits per heavy atom. The van der Waals surface area contributed by atoms with E-state index < -0.39 is 82.7 Å². The second-order valence-corrected chi connectivity index (χ2v) is 12.1. The van der Waals surface area contributed by atoms with Crippen molar-refractivity contribution in [3.8, 4) is 5.69 Å². The van der Waals surface area contributed by atoms with Gasteiger partial charge >= 0.3 is 11.9 Å². The number of nitrogens with zero attached hydrogens (tertiary/aromatic N) is 2. The van der Waals surface area contributed by atoms with E-state index in [4.69, 9.17) is 11.6 Å². The molecule has 0 radical (unpaired) electrons. The van der Waals surface area contributed by atoms with Gasteiger partial charge in [-0.3, -0.25) is 23.3 Å². The Morgan fingerprint density at radius 1 is 1.24 bits per heavy atom. The van der Waals surface area contributed by atoms with E-state index in [1.165, 1.54) is 0 Å². The number of hydrogen-bond acceptors (Lipinski definition) is 7. The zero-order valence-corrected chi connectivity index (χ0v) is 19.4. The Morgan fingerprint density at radius 3 is 2.38 bits per heavy atom. The molecule has 1 atom stereocenters. The Kier molecular flexibility index (Phi) is 6.69. The molecule has 1 aliphatic heterocycles. The molecule has 0 saturated carbocycles. The summed E-state index contributed by atoms with van der Waals surface area (Å²) in [6.45, 7) is 0. The molecule has 0 aliphatic carbocycles. The van der Waals surface area contributed by atoms with E-state index in [-0.39, 0.29) is 27.4 Å². The van der Waals surface area contributed by atoms with Crippen LogP contribution in [-0.2, 0) is 23.2 Å². The molecule has 3 N–H and O–H groups in total. The Labute approximate surface area is 195 Å². The van der Waals surface area contributed by atoms with Crippen molar-refractivity contribution in [3.63, 3.8) is 0 Å². The molecule has 1 amide bonds. The van der Waals surface area contributed by atoms with E-state index >= 15 is 0 Å². The lowest BCUT2D eigenvalue weighted by Crippen LogP contribution is -2.41. The van der Waals surface area contributed by atoms with Gasteiger partial charge in [0.15, 0.2) is 0 Å². The SMILES string of the molecule is Cn1c(C(F)(F)F)cc(=O)n(-c2cc(C(=O)NS(=O)(=O)C3CCS(O)(O)C3)c(Cl)cc2F)c1=O. The molecule has 1 aliphatic rings. The Balaban J connectivity index is 2.06. The van der Waals surface area contributed by atoms with E-state index in [9.17, 15) is 49.5 Å². The number of nitrogens with one attached hydrogen (secondary N) is 1. The van der Waals surface area contributed by atoms with Crippen molar-refractivity contribution in [2.24, 2.45) is 7.05 Å². The molecule has 3 rings (SSSR count). The minimum atomic E-state index is -5.06. The maximum atomic E-state index is 14.6. The number of benzene rings is 1. The summed E-state index contributed by atoms with van der Waals surface area (Å²) in [4.78, 5) is 37.3. The first kappa shape index (κ1) is 26.2. The fraction of sp³-hybridized carbons (Fsp3) is 0.353. The van der Waals surface area contributed by atoms with Gasteiger partial charge in [0.05, 0.1) is 27.3 Å². The zero-order chi connectivity index (χ0) is 25.8. The molecule has 10 nitrogen and oxygen atoms in total. The molecule has 2 heterocycles. The van der Waals surface area contributed by atoms with Crippen molar-refractivity contribution >= 4 is 38.1 Å². The second kappa shape index (κ2) is 8.67. The number of carbonyl (C=O) groups excluding carboxylic acids is 1. The van der Waals surface area contributed by atoms with Crippen LogP contribution in [0.5, 0.6) is 0 Å². The van der Waals surface area contributed by atoms with E-state index in [0.29, 0.717) is 19.2 Å². The number of carbonyl (C=O) groups is 1. The van der Waals surface area contributed by atoms with Gasteiger partial charge in [0.25, 0.3) is 11.5 Å². The van der Waals surface area contributed by atoms with Gasteiger partial charge in [0.1, 0.15) is 11.5 Å². The average molecular weight is 550 g/mol. The van der Waals surface area contributed by atoms with Gasteiger partial charge in [-0.25, -0.2) is 26.9 Å². The maximum Gasteiger partial charge on any atom is 0.431 e. The number of amides is 1. The molecule has 0 bridgehead atoms. The number of halogens is 5. The van der Waals surface area contributed by atoms with Crippen LogP contribution < -0.4 is 16.0 Å². The highest BCUT2D eigenvalue weighted by Crippen LogP contribution is 2.47. The number of hydrogen-bond donors (Lipinski definition) is 3. The van der Waals surface area contributed by atoms with Gasteiger partial charge in [-0.2, -0.15) is 23.8 Å². The molecule has 1 fully saturated rings. The number of aromatic nitrogens is 2. The Hall–Kier alpha value is -2.40. The highest BCUT2D eigenvalue weighted by atomic mass is 35.5. The average Bonchev–Trinajstić information content (AvgIpc) is 3.05. The van der Waals surface area contributed by atoms with E-state index in [1.807, 2.05) is 0 Å². The van der Waals surface area contributed by atoms with Crippen LogP contribution in [0.3, 0.4) is 0 Å². The van der Waals surface area contributed by atoms with Crippen molar-refractivity contribution in [2.45, 2.75) is 17.8 Å². The van der Waals surface area contributed by atoms with Gasteiger partial charge in [-0.15, -0.1) is 0 Å². The molecule has 188 valence electrons. The number of sulfonamides is 1. The Bertz CT molecular complexity index is 1400. The van der Waals surface area contributed by atoms with Crippen LogP contribution in [0.25, 0.3) is 5.69 Å². The lowest BCUT2D eigenvalue weighted by Gasteiger charge is -2.25. The molecule has 2 aromatic rings. The molecule has 0 spiro atoms. The summed E-state index contributed by atoms with van der Waals surface area (Å²) in [7, 11) is -6.87. The first-order valence-electron chi connectivity index (χ1n) is 9.14. The summed E-state index contributed by atoms with van der Waals surface area (Å²) in [5.74, 6) is -3.44. The third-order valence-corrected chi connectivity index (χ3v) is 9.13. The summed E-state index contributed by atoms with van der Waals surface area (Å²) in [5, 5.41) is -1.94. The van der Waals surface area contributed by atoms with E-state index in [1.54, 1.807) is 4.72 Å². The largest absolute Gasteiger partial charge is 0.431 e. The van der Waals surface area contributed by atoms with Crippen LogP contribution >= 0.6 is 22.2 Å². The highest BCUT2D eigenvalue weighted by molar-refractivity contribution is 8.25. The first-order valence-corrected chi connectivity index (χ1v) is 12.9. The normalized spacial score (nSPS) is 19.1. The second-order valence-electron chi connectivity index (χ2n) is 7.39. The molecule has 17 heteroatoms. The van der Waals surface area contributed by atoms with Crippen molar-refractivity contribution in [3.05, 3.63) is 61.1 Å². The van der Waals surface area contributed by atoms with Gasteiger partial charge < -0.3 is 0 Å². The van der Waals surface area contributed by atoms with Crippen molar-refractivity contribution in [2.75, 3.05) is 11.5 Å². The summed E-state index contributed by atoms with van der Waals surface area (Å²) < 4.78 is 99.6. The quantitative estimate of drug-likeness (QED) is 0.494. The fourth-order valence-electron chi connectivity index (χ4n) is 3.30. The lowest BCUT2D eigenvalue weighted by molar-refractivity contribution is -0.144. The summed E-state index contributed by atoms with van der Waals surface area (Å²) in [6, 6.07) is 1.08. The number of rotatable bonds is 4. The monoisotopic (exact) mass is 549 g/mol. The minimum Gasteiger partial charge on any atom is -0.299 e. The molecular weight excluding hydrogens is 534 g/mol. The van der Waals surface area contributed by atoms with Crippen molar-refractivity contribution in [1.29, 1.82) is 0 Å². The topological polar surface area (TPSA) is 148 Å². The highest BCUT2D eigenvalue weighted by Gasteiger charge is 2.39. The van der Waals surface area contributed by atoms with Crippen LogP contribution in [0.15, 0.2) is 27.8 Å². The van der Waals surface area contributed by atoms with Gasteiger partial charge in [-0.1, -0.05) is 11.6 Å². The smallest absolute Gasteiger partial charge is 0.299 e. The summed E-state index contributed by atoms with van der Waals surface area (Å²) in [6.07, 6.45) is -5.21. The zero-order valence-electron chi connectivity index (χ0n) is 17.0. The van der Waals surface area contributed by atoms with Crippen molar-refractivity contribution in [1.82, 2.24) is 13.9 Å². The van der Waals surface area contributed by atoms with Crippen LogP contribution in [0, 0.1) is 5.82 Å². The molecule has 1 saturated heterocycles. The predicted octanol–water partition coefficient (Wildman–Crippen LogP) is 1.93. The van der Waals surface area contributed by atoms with Gasteiger partial charge in [-0.05, 0) is 18.6 Å². The van der Waals surface area contributed by atoms with E-state index in [2.05, 4.69) is 0 Å². The van der Waals surface area contributed by atoms with Gasteiger partial charge in [0, 0.05) is 18.9 Å². The molecule has 34 heavy (non-hydrogen) atoms. The summed E-state index contributed by atoms with van der Waals surface area (Å²) in [5.41, 5.74) is -6.40. The number of alkyl halides is 3. The molecule has 1 aromatic heterocycles. The van der Waals surface area contributed by atoms with Crippen LogP contribution in [0.2, 0.25) is 5.02 Å². The molecule has 1 aromatic carbocycles. The maximum absolute atomic E-state index is 14.6. The molecule has 1 unspecified atom stereocenters. The van der Waals surface area contributed by atoms with Crippen LogP contribution in [0.1, 0.15) is 22.5 Å². The minimum absolute atomic E-state index is 0.0262. The molecular formula is C17H16ClF4N3O7S2. The lowest BCUT2D eigenvalue weighted by atomic mass is 10.1. The fourth-order valence-corrected chi connectivity index (χ4v) is 7.61. The van der Waals surface area contributed by atoms with Crippen molar-refractivity contribution < 1.29 is 39.9 Å². The third-order valence-electron chi connectivity index (χ3n) is 5.03. The predicted molar refractivity (Wildman–Crippen MR) is 115 cm³/mol. The van der Waals surface area contributed by atoms with Crippen LogP contribution in [-0.4, -0.2) is 49.3 Å². The van der Waals surface area contributed by atoms with Gasteiger partial charge in [0.2, 0.25) is 10.0 Å². The van der Waals surface area contributed by atoms with E-state index in [0.717, 1.165) is 0 Å². The van der Waals surface area contributed by atoms with Crippen LogP contribution in [0.4, 0.5) is 17.6 Å². The third kappa shape index (κ3) is 5.00. The summed E-state index contributed by atoms with van der Waals surface area (Å²) >= 11 is 5.82.